The summed E-state index contributed by atoms with van der Waals surface area (Å²) < 4.78 is 7.36. The van der Waals surface area contributed by atoms with Gasteiger partial charge in [0.15, 0.2) is 11.5 Å². The zero-order valence-corrected chi connectivity index (χ0v) is 17.4. The van der Waals surface area contributed by atoms with Crippen molar-refractivity contribution >= 4 is 29.0 Å². The number of aryl methyl sites for hydroxylation is 3. The van der Waals surface area contributed by atoms with Gasteiger partial charge in [-0.05, 0) is 51.9 Å². The molecule has 1 N–H and O–H groups in total. The fourth-order valence-corrected chi connectivity index (χ4v) is 3.42. The van der Waals surface area contributed by atoms with E-state index in [0.29, 0.717) is 18.4 Å². The van der Waals surface area contributed by atoms with Crippen LogP contribution in [0.25, 0.3) is 16.6 Å². The number of nitrogens with zero attached hydrogens (tertiary/aromatic N) is 5. The van der Waals surface area contributed by atoms with Gasteiger partial charge in [0.2, 0.25) is 5.89 Å². The van der Waals surface area contributed by atoms with Crippen molar-refractivity contribution in [3.63, 3.8) is 0 Å². The maximum Gasteiger partial charge on any atom is 0.226 e. The molecule has 0 amide bonds. The summed E-state index contributed by atoms with van der Waals surface area (Å²) in [6, 6.07) is 8.42. The van der Waals surface area contributed by atoms with Gasteiger partial charge in [-0.25, -0.2) is 9.50 Å². The van der Waals surface area contributed by atoms with E-state index >= 15 is 0 Å². The van der Waals surface area contributed by atoms with Crippen molar-refractivity contribution < 1.29 is 4.52 Å². The second-order valence-corrected chi connectivity index (χ2v) is 7.01. The molecule has 0 aliphatic carbocycles. The molecule has 1 aromatic carbocycles. The number of nitrogens with one attached hydrogen (secondary N) is 1. The summed E-state index contributed by atoms with van der Waals surface area (Å²) in [5.74, 6) is 1.41. The van der Waals surface area contributed by atoms with Gasteiger partial charge in [0.25, 0.3) is 0 Å². The quantitative estimate of drug-likeness (QED) is 0.535. The van der Waals surface area contributed by atoms with Crippen LogP contribution in [0.3, 0.4) is 0 Å². The Hall–Kier alpha value is -2.51. The molecule has 8 heteroatoms. The second kappa shape index (κ2) is 8.24. The van der Waals surface area contributed by atoms with E-state index in [1.54, 1.807) is 0 Å². The van der Waals surface area contributed by atoms with Gasteiger partial charge in [-0.3, -0.25) is 0 Å². The van der Waals surface area contributed by atoms with Crippen LogP contribution in [0.4, 0.5) is 0 Å². The topological polar surface area (TPSA) is 81.1 Å². The van der Waals surface area contributed by atoms with Crippen molar-refractivity contribution in [3.8, 4) is 0 Å². The van der Waals surface area contributed by atoms with Crippen molar-refractivity contribution in [2.45, 2.75) is 46.1 Å². The summed E-state index contributed by atoms with van der Waals surface area (Å²) in [4.78, 5) is 9.33. The fourth-order valence-electron chi connectivity index (χ4n) is 3.42. The SMILES string of the molecule is CNC(C)Cc1noc(CCc2c(C)nc3c4ccccc4nn3c2C)n1.Cl. The van der Waals surface area contributed by atoms with Gasteiger partial charge in [-0.2, -0.15) is 10.1 Å². The van der Waals surface area contributed by atoms with E-state index in [0.717, 1.165) is 46.6 Å². The average molecular weight is 401 g/mol. The van der Waals surface area contributed by atoms with Crippen molar-refractivity contribution in [1.82, 2.24) is 30.1 Å². The van der Waals surface area contributed by atoms with E-state index in [9.17, 15) is 0 Å². The Morgan fingerprint density at radius 3 is 2.71 bits per heavy atom. The van der Waals surface area contributed by atoms with Crippen molar-refractivity contribution in [1.29, 1.82) is 0 Å². The smallest absolute Gasteiger partial charge is 0.226 e. The maximum atomic E-state index is 5.42. The van der Waals surface area contributed by atoms with Gasteiger partial charge in [0, 0.05) is 35.7 Å². The highest BCUT2D eigenvalue weighted by Crippen LogP contribution is 2.23. The van der Waals surface area contributed by atoms with Gasteiger partial charge in [0.1, 0.15) is 0 Å². The Labute approximate surface area is 170 Å². The molecule has 3 aromatic heterocycles. The Morgan fingerprint density at radius 2 is 1.93 bits per heavy atom. The normalized spacial score (nSPS) is 12.4. The van der Waals surface area contributed by atoms with E-state index in [2.05, 4.69) is 42.3 Å². The molecule has 0 saturated carbocycles. The molecule has 0 spiro atoms. The lowest BCUT2D eigenvalue weighted by atomic mass is 10.1. The molecule has 1 unspecified atom stereocenters. The second-order valence-electron chi connectivity index (χ2n) is 7.01. The lowest BCUT2D eigenvalue weighted by molar-refractivity contribution is 0.371. The molecule has 4 rings (SSSR count). The summed E-state index contributed by atoms with van der Waals surface area (Å²) in [6.45, 7) is 6.24. The van der Waals surface area contributed by atoms with Crippen LogP contribution in [-0.4, -0.2) is 37.8 Å². The first-order chi connectivity index (χ1) is 13.1. The predicted octanol–water partition coefficient (Wildman–Crippen LogP) is 3.24. The molecule has 28 heavy (non-hydrogen) atoms. The molecular weight excluding hydrogens is 376 g/mol. The van der Waals surface area contributed by atoms with E-state index in [1.165, 1.54) is 5.56 Å². The first kappa shape index (κ1) is 20.2. The minimum Gasteiger partial charge on any atom is -0.339 e. The number of rotatable bonds is 6. The van der Waals surface area contributed by atoms with Crippen molar-refractivity contribution in [3.05, 3.63) is 52.9 Å². The molecule has 3 heterocycles. The zero-order valence-electron chi connectivity index (χ0n) is 16.6. The third-order valence-electron chi connectivity index (χ3n) is 5.10. The van der Waals surface area contributed by atoms with E-state index in [4.69, 9.17) is 14.6 Å². The predicted molar refractivity (Wildman–Crippen MR) is 111 cm³/mol. The lowest BCUT2D eigenvalue weighted by Crippen LogP contribution is -2.24. The van der Waals surface area contributed by atoms with Gasteiger partial charge in [0.05, 0.1) is 5.52 Å². The number of halogens is 1. The highest BCUT2D eigenvalue weighted by molar-refractivity contribution is 5.92. The van der Waals surface area contributed by atoms with Crippen LogP contribution < -0.4 is 5.32 Å². The van der Waals surface area contributed by atoms with Crippen LogP contribution in [-0.2, 0) is 19.3 Å². The summed E-state index contributed by atoms with van der Waals surface area (Å²) >= 11 is 0. The van der Waals surface area contributed by atoms with E-state index in [1.807, 2.05) is 29.8 Å². The Kier molecular flexibility index (Phi) is 5.96. The molecule has 7 nitrogen and oxygen atoms in total. The number of likely N-dealkylation sites (N-methyl/N-ethyl adjacent to an activating group) is 1. The monoisotopic (exact) mass is 400 g/mol. The lowest BCUT2D eigenvalue weighted by Gasteiger charge is -2.10. The molecule has 1 atom stereocenters. The Bertz CT molecular complexity index is 1100. The van der Waals surface area contributed by atoms with Crippen LogP contribution in [0, 0.1) is 13.8 Å². The van der Waals surface area contributed by atoms with Crippen LogP contribution in [0.2, 0.25) is 0 Å². The van der Waals surface area contributed by atoms with Crippen LogP contribution in [0.5, 0.6) is 0 Å². The number of hydrogen-bond acceptors (Lipinski definition) is 6. The zero-order chi connectivity index (χ0) is 19.0. The van der Waals surface area contributed by atoms with Crippen LogP contribution >= 0.6 is 12.4 Å². The third kappa shape index (κ3) is 3.72. The number of fused-ring (bicyclic) bond motifs is 3. The van der Waals surface area contributed by atoms with Gasteiger partial charge < -0.3 is 9.84 Å². The fraction of sp³-hybridized carbons (Fsp3) is 0.400. The van der Waals surface area contributed by atoms with Crippen molar-refractivity contribution in [2.24, 2.45) is 0 Å². The number of hydrogen-bond donors (Lipinski definition) is 1. The van der Waals surface area contributed by atoms with Crippen molar-refractivity contribution in [2.75, 3.05) is 7.05 Å². The number of aromatic nitrogens is 5. The van der Waals surface area contributed by atoms with Crippen LogP contribution in [0.15, 0.2) is 28.8 Å². The highest BCUT2D eigenvalue weighted by atomic mass is 35.5. The third-order valence-corrected chi connectivity index (χ3v) is 5.10. The Morgan fingerprint density at radius 1 is 1.14 bits per heavy atom. The first-order valence-electron chi connectivity index (χ1n) is 9.29. The Balaban J connectivity index is 0.00000225. The molecular formula is C20H25ClN6O. The maximum absolute atomic E-state index is 5.42. The molecule has 0 aliphatic rings. The summed E-state index contributed by atoms with van der Waals surface area (Å²) in [7, 11) is 1.93. The molecule has 0 aliphatic heterocycles. The summed E-state index contributed by atoms with van der Waals surface area (Å²) in [6.07, 6.45) is 2.24. The average Bonchev–Trinajstić information content (AvgIpc) is 3.26. The van der Waals surface area contributed by atoms with Gasteiger partial charge >= 0.3 is 0 Å². The molecule has 0 saturated heterocycles. The molecule has 0 radical (unpaired) electrons. The molecule has 0 fully saturated rings. The molecule has 4 aromatic rings. The molecule has 0 bridgehead atoms. The largest absolute Gasteiger partial charge is 0.339 e. The van der Waals surface area contributed by atoms with E-state index in [-0.39, 0.29) is 12.4 Å². The van der Waals surface area contributed by atoms with Crippen LogP contribution in [0.1, 0.15) is 35.6 Å². The molecule has 148 valence electrons. The minimum atomic E-state index is 0. The number of benzene rings is 1. The summed E-state index contributed by atoms with van der Waals surface area (Å²) in [5.41, 5.74) is 5.18. The minimum absolute atomic E-state index is 0. The van der Waals surface area contributed by atoms with E-state index < -0.39 is 0 Å². The summed E-state index contributed by atoms with van der Waals surface area (Å²) in [5, 5.41) is 13.1. The van der Waals surface area contributed by atoms with Gasteiger partial charge in [-0.15, -0.1) is 12.4 Å². The highest BCUT2D eigenvalue weighted by Gasteiger charge is 2.15. The van der Waals surface area contributed by atoms with Gasteiger partial charge in [-0.1, -0.05) is 17.3 Å². The first-order valence-corrected chi connectivity index (χ1v) is 9.29. The standard InChI is InChI=1S/C20H24N6O.ClH/c1-12(21-4)11-18-23-19(27-25-18)10-9-15-13(2)22-20-16-7-5-6-8-17(16)24-26(20)14(15)3;/h5-8,12,21H,9-11H2,1-4H3;1H.